The molecule has 0 radical (unpaired) electrons. The molecule has 5 rings (SSSR count). The molecular weight excluding hydrogens is 500 g/mol. The van der Waals surface area contributed by atoms with Gasteiger partial charge in [0.1, 0.15) is 11.9 Å². The van der Waals surface area contributed by atoms with Gasteiger partial charge in [-0.15, -0.1) is 0 Å². The monoisotopic (exact) mass is 524 g/mol. The minimum absolute atomic E-state index is 0.00648. The average Bonchev–Trinajstić information content (AvgIpc) is 3.27. The Morgan fingerprint density at radius 3 is 2.41 bits per heavy atom. The molecule has 188 valence electrons. The lowest BCUT2D eigenvalue weighted by atomic mass is 9.60. The molecule has 3 N–H and O–H groups in total. The maximum absolute atomic E-state index is 12.8. The number of hydrogen-bond acceptors (Lipinski definition) is 5. The number of alkyl halides is 3. The van der Waals surface area contributed by atoms with Gasteiger partial charge in [-0.3, -0.25) is 9.59 Å². The van der Waals surface area contributed by atoms with Gasteiger partial charge in [0, 0.05) is 11.6 Å². The van der Waals surface area contributed by atoms with Crippen molar-refractivity contribution in [3.05, 3.63) is 28.2 Å². The van der Waals surface area contributed by atoms with E-state index in [1.807, 2.05) is 0 Å². The summed E-state index contributed by atoms with van der Waals surface area (Å²) in [6, 6.07) is 4.63. The van der Waals surface area contributed by atoms with Gasteiger partial charge in [0.15, 0.2) is 12.7 Å². The number of fused-ring (bicyclic) bond motifs is 3. The Morgan fingerprint density at radius 2 is 1.82 bits per heavy atom. The largest absolute Gasteiger partial charge is 0.484 e. The molecule has 1 aromatic carbocycles. The lowest BCUT2D eigenvalue weighted by molar-refractivity contribution is -0.214. The molecule has 4 fully saturated rings. The number of carbonyl (C=O) groups excluding carboxylic acids is 2. The second-order valence-electron chi connectivity index (χ2n) is 9.29. The molecule has 1 heterocycles. The Labute approximate surface area is 204 Å². The Hall–Kier alpha value is -1.75. The first kappa shape index (κ1) is 25.3. The van der Waals surface area contributed by atoms with E-state index in [4.69, 9.17) is 32.7 Å². The smallest absolute Gasteiger partial charge is 0.414 e. The molecule has 1 aromatic rings. The second-order valence-corrected chi connectivity index (χ2v) is 10.1. The van der Waals surface area contributed by atoms with Crippen LogP contribution in [0.25, 0.3) is 0 Å². The first-order valence-electron chi connectivity index (χ1n) is 11.0. The summed E-state index contributed by atoms with van der Waals surface area (Å²) >= 11 is 11.8. The Kier molecular flexibility index (Phi) is 6.98. The van der Waals surface area contributed by atoms with Crippen LogP contribution in [-0.4, -0.2) is 59.1 Å². The third-order valence-electron chi connectivity index (χ3n) is 7.04. The number of rotatable bonds is 6. The van der Waals surface area contributed by atoms with Crippen molar-refractivity contribution >= 4 is 35.0 Å². The molecule has 2 amide bonds. The molecule has 2 unspecified atom stereocenters. The van der Waals surface area contributed by atoms with Gasteiger partial charge in [-0.25, -0.2) is 0 Å². The Balaban J connectivity index is 1.30. The zero-order valence-corrected chi connectivity index (χ0v) is 19.6. The fourth-order valence-corrected chi connectivity index (χ4v) is 5.39. The van der Waals surface area contributed by atoms with E-state index in [9.17, 15) is 27.9 Å². The van der Waals surface area contributed by atoms with Crippen LogP contribution in [0, 0.1) is 0 Å². The van der Waals surface area contributed by atoms with Crippen molar-refractivity contribution in [3.8, 4) is 5.75 Å². The molecule has 3 aliphatic carbocycles. The lowest BCUT2D eigenvalue weighted by Crippen LogP contribution is -2.70. The van der Waals surface area contributed by atoms with Crippen LogP contribution in [0.2, 0.25) is 10.0 Å². The summed E-state index contributed by atoms with van der Waals surface area (Å²) in [7, 11) is 0. The van der Waals surface area contributed by atoms with Crippen molar-refractivity contribution < 1.29 is 37.3 Å². The van der Waals surface area contributed by atoms with Crippen molar-refractivity contribution in [2.45, 2.75) is 80.5 Å². The molecule has 0 aromatic heterocycles. The van der Waals surface area contributed by atoms with E-state index in [0.29, 0.717) is 41.5 Å². The van der Waals surface area contributed by atoms with Crippen LogP contribution in [-0.2, 0) is 14.3 Å². The SMILES string of the molecule is O=C(COc1ccc(Cl)c(Cl)c1)NC12CCC(NC(=O)C3CCC(C(F)(F)F)O3)(CC1)C[C@@H]2O. The molecule has 2 bridgehead atoms. The molecule has 3 saturated carbocycles. The zero-order valence-electron chi connectivity index (χ0n) is 18.1. The number of aliphatic hydroxyl groups excluding tert-OH is 1. The van der Waals surface area contributed by atoms with E-state index >= 15 is 0 Å². The van der Waals surface area contributed by atoms with Gasteiger partial charge in [0.2, 0.25) is 5.91 Å². The minimum atomic E-state index is -4.50. The van der Waals surface area contributed by atoms with E-state index in [0.717, 1.165) is 0 Å². The highest BCUT2D eigenvalue weighted by Crippen LogP contribution is 2.47. The lowest BCUT2D eigenvalue weighted by Gasteiger charge is -2.56. The van der Waals surface area contributed by atoms with Gasteiger partial charge in [0.05, 0.1) is 21.7 Å². The van der Waals surface area contributed by atoms with Gasteiger partial charge >= 0.3 is 6.18 Å². The zero-order chi connectivity index (χ0) is 24.7. The number of halogens is 5. The van der Waals surface area contributed by atoms with Gasteiger partial charge in [-0.05, 0) is 57.1 Å². The van der Waals surface area contributed by atoms with Crippen molar-refractivity contribution in [2.75, 3.05) is 6.61 Å². The molecule has 4 aliphatic rings. The first-order chi connectivity index (χ1) is 15.9. The van der Waals surface area contributed by atoms with Crippen LogP contribution in [0.3, 0.4) is 0 Å². The van der Waals surface area contributed by atoms with E-state index in [1.165, 1.54) is 6.07 Å². The summed E-state index contributed by atoms with van der Waals surface area (Å²) in [5.74, 6) is -0.632. The fraction of sp³-hybridized carbons (Fsp3) is 0.636. The second kappa shape index (κ2) is 9.37. The molecular formula is C22H25Cl2F3N2O5. The number of hydrogen-bond donors (Lipinski definition) is 3. The van der Waals surface area contributed by atoms with E-state index in [-0.39, 0.29) is 25.9 Å². The molecule has 7 nitrogen and oxygen atoms in total. The predicted octanol–water partition coefficient (Wildman–Crippen LogP) is 3.53. The fourth-order valence-electron chi connectivity index (χ4n) is 5.10. The predicted molar refractivity (Wildman–Crippen MR) is 117 cm³/mol. The van der Waals surface area contributed by atoms with Crippen molar-refractivity contribution in [2.24, 2.45) is 0 Å². The number of aliphatic hydroxyl groups is 1. The topological polar surface area (TPSA) is 96.9 Å². The molecule has 0 spiro atoms. The van der Waals surface area contributed by atoms with E-state index < -0.39 is 47.4 Å². The molecule has 1 aliphatic heterocycles. The van der Waals surface area contributed by atoms with Gasteiger partial charge in [-0.2, -0.15) is 13.2 Å². The van der Waals surface area contributed by atoms with Crippen LogP contribution in [0.1, 0.15) is 44.9 Å². The van der Waals surface area contributed by atoms with Crippen LogP contribution >= 0.6 is 23.2 Å². The summed E-state index contributed by atoms with van der Waals surface area (Å²) in [6.45, 7) is -0.284. The molecule has 3 atom stereocenters. The highest BCUT2D eigenvalue weighted by Gasteiger charge is 2.56. The number of benzene rings is 1. The molecule has 12 heteroatoms. The van der Waals surface area contributed by atoms with Crippen molar-refractivity contribution in [1.29, 1.82) is 0 Å². The van der Waals surface area contributed by atoms with E-state index in [2.05, 4.69) is 10.6 Å². The highest BCUT2D eigenvalue weighted by atomic mass is 35.5. The van der Waals surface area contributed by atoms with Crippen LogP contribution < -0.4 is 15.4 Å². The Morgan fingerprint density at radius 1 is 1.12 bits per heavy atom. The molecule has 1 saturated heterocycles. The van der Waals surface area contributed by atoms with Crippen LogP contribution in [0.4, 0.5) is 13.2 Å². The summed E-state index contributed by atoms with van der Waals surface area (Å²) < 4.78 is 48.9. The maximum Gasteiger partial charge on any atom is 0.414 e. The summed E-state index contributed by atoms with van der Waals surface area (Å²) in [5, 5.41) is 17.2. The van der Waals surface area contributed by atoms with Gasteiger partial charge in [-0.1, -0.05) is 23.2 Å². The van der Waals surface area contributed by atoms with Crippen molar-refractivity contribution in [1.82, 2.24) is 10.6 Å². The summed E-state index contributed by atoms with van der Waals surface area (Å²) in [5.41, 5.74) is -1.59. The maximum atomic E-state index is 12.8. The number of ether oxygens (including phenoxy) is 2. The first-order valence-corrected chi connectivity index (χ1v) is 11.8. The third kappa shape index (κ3) is 5.24. The molecule has 34 heavy (non-hydrogen) atoms. The highest BCUT2D eigenvalue weighted by molar-refractivity contribution is 6.42. The Bertz CT molecular complexity index is 953. The standard InChI is InChI=1S/C22H25Cl2F3N2O5/c23-13-2-1-12(9-14(13)24)33-11-18(31)28-21-7-5-20(6-8-21,10-16(21)30)29-19(32)15-3-4-17(34-15)22(25,26)27/h1-2,9,15-17,30H,3-8,10-11H2,(H,28,31)(H,29,32)/t15?,16-,17?,20?,21?/m0/s1. The summed E-state index contributed by atoms with van der Waals surface area (Å²) in [4.78, 5) is 25.1. The number of amides is 2. The van der Waals surface area contributed by atoms with Crippen LogP contribution in [0.15, 0.2) is 18.2 Å². The van der Waals surface area contributed by atoms with Gasteiger partial charge in [0.25, 0.3) is 5.91 Å². The summed E-state index contributed by atoms with van der Waals surface area (Å²) in [6.07, 6.45) is -6.85. The minimum Gasteiger partial charge on any atom is -0.484 e. The van der Waals surface area contributed by atoms with E-state index in [1.54, 1.807) is 12.1 Å². The van der Waals surface area contributed by atoms with Crippen molar-refractivity contribution in [3.63, 3.8) is 0 Å². The third-order valence-corrected chi connectivity index (χ3v) is 7.78. The van der Waals surface area contributed by atoms with Crippen LogP contribution in [0.5, 0.6) is 5.75 Å². The number of nitrogens with one attached hydrogen (secondary N) is 2. The normalized spacial score (nSPS) is 32.9. The quantitative estimate of drug-likeness (QED) is 0.528. The number of carbonyl (C=O) groups is 2. The van der Waals surface area contributed by atoms with Gasteiger partial charge < -0.3 is 25.2 Å². The average molecular weight is 525 g/mol.